The van der Waals surface area contributed by atoms with E-state index in [0.29, 0.717) is 9.76 Å². The van der Waals surface area contributed by atoms with Gasteiger partial charge < -0.3 is 9.53 Å². The van der Waals surface area contributed by atoms with Gasteiger partial charge in [-0.2, -0.15) is 0 Å². The Morgan fingerprint density at radius 3 is 2.31 bits per heavy atom. The highest BCUT2D eigenvalue weighted by atomic mass is 28.2. The maximum Gasteiger partial charge on any atom is 0.236 e. The summed E-state index contributed by atoms with van der Waals surface area (Å²) in [7, 11) is 0.406. The van der Waals surface area contributed by atoms with Gasteiger partial charge in [-0.25, -0.2) is 0 Å². The standard InChI is InChI=1S/C12H19NO2Si/c1-11(2,3)16-15-12(4,5)9-6-10(14)8-13-7-9/h6-8,14H,1-5H3. The van der Waals surface area contributed by atoms with Crippen LogP contribution in [0.15, 0.2) is 18.5 Å². The summed E-state index contributed by atoms with van der Waals surface area (Å²) in [5.41, 5.74) is 0.474. The Hall–Kier alpha value is -0.873. The fraction of sp³-hybridized carbons (Fsp3) is 0.583. The van der Waals surface area contributed by atoms with Crippen LogP contribution in [0.3, 0.4) is 0 Å². The van der Waals surface area contributed by atoms with E-state index in [9.17, 15) is 5.11 Å². The lowest BCUT2D eigenvalue weighted by Gasteiger charge is -2.29. The molecule has 1 heterocycles. The van der Waals surface area contributed by atoms with Crippen LogP contribution in [0.5, 0.6) is 5.75 Å². The summed E-state index contributed by atoms with van der Waals surface area (Å²) < 4.78 is 5.91. The Morgan fingerprint density at radius 1 is 1.19 bits per heavy atom. The highest BCUT2D eigenvalue weighted by molar-refractivity contribution is 6.31. The Bertz CT molecular complexity index is 358. The largest absolute Gasteiger partial charge is 0.506 e. The monoisotopic (exact) mass is 237 g/mol. The van der Waals surface area contributed by atoms with E-state index in [1.54, 1.807) is 12.3 Å². The molecule has 0 bridgehead atoms. The minimum Gasteiger partial charge on any atom is -0.506 e. The normalized spacial score (nSPS) is 12.8. The van der Waals surface area contributed by atoms with Crippen LogP contribution in [0.2, 0.25) is 5.04 Å². The average Bonchev–Trinajstić information content (AvgIpc) is 2.14. The zero-order chi connectivity index (χ0) is 12.4. The van der Waals surface area contributed by atoms with Crippen molar-refractivity contribution in [3.05, 3.63) is 24.0 Å². The third-order valence-electron chi connectivity index (χ3n) is 2.03. The number of nitrogens with zero attached hydrogens (tertiary/aromatic N) is 1. The number of hydrogen-bond donors (Lipinski definition) is 1. The van der Waals surface area contributed by atoms with Gasteiger partial charge in [-0.15, -0.1) is 0 Å². The van der Waals surface area contributed by atoms with Crippen LogP contribution < -0.4 is 0 Å². The quantitative estimate of drug-likeness (QED) is 0.822. The van der Waals surface area contributed by atoms with E-state index >= 15 is 0 Å². The van der Waals surface area contributed by atoms with Crippen LogP contribution in [-0.2, 0) is 10.0 Å². The van der Waals surface area contributed by atoms with Gasteiger partial charge in [0.2, 0.25) is 9.76 Å². The van der Waals surface area contributed by atoms with Crippen molar-refractivity contribution in [2.45, 2.75) is 45.3 Å². The molecule has 1 aromatic rings. The van der Waals surface area contributed by atoms with Gasteiger partial charge in [0, 0.05) is 11.8 Å². The first-order valence-electron chi connectivity index (χ1n) is 5.30. The fourth-order valence-corrected chi connectivity index (χ4v) is 1.78. The number of hydrogen-bond acceptors (Lipinski definition) is 3. The molecule has 1 N–H and O–H groups in total. The summed E-state index contributed by atoms with van der Waals surface area (Å²) in [5.74, 6) is 0.174. The molecular weight excluding hydrogens is 218 g/mol. The molecule has 3 nitrogen and oxygen atoms in total. The zero-order valence-electron chi connectivity index (χ0n) is 10.5. The molecule has 88 valence electrons. The molecule has 0 fully saturated rings. The van der Waals surface area contributed by atoms with Gasteiger partial charge in [-0.1, -0.05) is 20.8 Å². The Morgan fingerprint density at radius 2 is 1.81 bits per heavy atom. The van der Waals surface area contributed by atoms with Crippen LogP contribution in [0.1, 0.15) is 40.2 Å². The topological polar surface area (TPSA) is 42.4 Å². The molecule has 0 saturated carbocycles. The van der Waals surface area contributed by atoms with Crippen molar-refractivity contribution in [2.75, 3.05) is 0 Å². The van der Waals surface area contributed by atoms with Gasteiger partial charge in [0.1, 0.15) is 5.75 Å². The molecule has 0 aliphatic rings. The van der Waals surface area contributed by atoms with Gasteiger partial charge in [0.05, 0.1) is 11.8 Å². The van der Waals surface area contributed by atoms with Crippen LogP contribution in [0.4, 0.5) is 0 Å². The first-order chi connectivity index (χ1) is 7.21. The lowest BCUT2D eigenvalue weighted by Crippen LogP contribution is -2.27. The predicted octanol–water partition coefficient (Wildman–Crippen LogP) is 2.88. The molecule has 0 aliphatic heterocycles. The minimum absolute atomic E-state index is 0.154. The molecule has 16 heavy (non-hydrogen) atoms. The SMILES string of the molecule is CC(C)(C)[Si]OC(C)(C)c1cncc(O)c1. The number of pyridine rings is 1. The highest BCUT2D eigenvalue weighted by Crippen LogP contribution is 2.30. The fourth-order valence-electron chi connectivity index (χ4n) is 1.10. The van der Waals surface area contributed by atoms with Crippen molar-refractivity contribution >= 4 is 9.76 Å². The second-order valence-electron chi connectivity index (χ2n) is 5.40. The van der Waals surface area contributed by atoms with Crippen molar-refractivity contribution in [1.29, 1.82) is 0 Å². The lowest BCUT2D eigenvalue weighted by atomic mass is 10.0. The van der Waals surface area contributed by atoms with E-state index in [1.807, 2.05) is 13.8 Å². The zero-order valence-corrected chi connectivity index (χ0v) is 11.5. The van der Waals surface area contributed by atoms with Gasteiger partial charge in [-0.3, -0.25) is 4.98 Å². The van der Waals surface area contributed by atoms with E-state index in [1.165, 1.54) is 6.20 Å². The van der Waals surface area contributed by atoms with E-state index in [4.69, 9.17) is 4.43 Å². The molecule has 2 radical (unpaired) electrons. The van der Waals surface area contributed by atoms with Crippen molar-refractivity contribution in [3.8, 4) is 5.75 Å². The van der Waals surface area contributed by atoms with Gasteiger partial charge >= 0.3 is 0 Å². The molecule has 4 heteroatoms. The molecule has 0 unspecified atom stereocenters. The summed E-state index contributed by atoms with van der Waals surface area (Å²) in [6, 6.07) is 1.69. The number of aromatic hydroxyl groups is 1. The highest BCUT2D eigenvalue weighted by Gasteiger charge is 2.25. The Balaban J connectivity index is 2.77. The second-order valence-corrected chi connectivity index (χ2v) is 7.30. The van der Waals surface area contributed by atoms with Gasteiger partial charge in [0.15, 0.2) is 0 Å². The van der Waals surface area contributed by atoms with E-state index in [2.05, 4.69) is 25.8 Å². The average molecular weight is 237 g/mol. The molecule has 0 spiro atoms. The van der Waals surface area contributed by atoms with Crippen LogP contribution in [0, 0.1) is 0 Å². The summed E-state index contributed by atoms with van der Waals surface area (Å²) in [5, 5.41) is 9.54. The predicted molar refractivity (Wildman–Crippen MR) is 65.5 cm³/mol. The summed E-state index contributed by atoms with van der Waals surface area (Å²) in [6.45, 7) is 10.4. The third kappa shape index (κ3) is 3.94. The summed E-state index contributed by atoms with van der Waals surface area (Å²) in [4.78, 5) is 3.97. The van der Waals surface area contributed by atoms with Crippen LogP contribution >= 0.6 is 0 Å². The van der Waals surface area contributed by atoms with E-state index in [0.717, 1.165) is 5.56 Å². The Kier molecular flexibility index (Phi) is 3.75. The Labute approximate surface area is 99.8 Å². The van der Waals surface area contributed by atoms with Gasteiger partial charge in [-0.05, 0) is 25.0 Å². The van der Waals surface area contributed by atoms with Crippen LogP contribution in [-0.4, -0.2) is 19.9 Å². The molecule has 0 aromatic carbocycles. The summed E-state index contributed by atoms with van der Waals surface area (Å²) >= 11 is 0. The molecular formula is C12H19NO2Si. The van der Waals surface area contributed by atoms with E-state index < -0.39 is 5.60 Å². The molecule has 0 aliphatic carbocycles. The van der Waals surface area contributed by atoms with Crippen molar-refractivity contribution < 1.29 is 9.53 Å². The maximum atomic E-state index is 9.39. The summed E-state index contributed by atoms with van der Waals surface area (Å²) in [6.07, 6.45) is 3.15. The molecule has 0 atom stereocenters. The smallest absolute Gasteiger partial charge is 0.236 e. The number of rotatable bonds is 3. The first-order valence-corrected chi connectivity index (χ1v) is 6.21. The second kappa shape index (κ2) is 4.55. The molecule has 1 aromatic heterocycles. The van der Waals surface area contributed by atoms with Crippen LogP contribution in [0.25, 0.3) is 0 Å². The van der Waals surface area contributed by atoms with Gasteiger partial charge in [0.25, 0.3) is 0 Å². The molecule has 1 rings (SSSR count). The molecule has 0 saturated heterocycles. The van der Waals surface area contributed by atoms with E-state index in [-0.39, 0.29) is 10.8 Å². The lowest BCUT2D eigenvalue weighted by molar-refractivity contribution is 0.109. The maximum absolute atomic E-state index is 9.39. The van der Waals surface area contributed by atoms with Crippen molar-refractivity contribution in [1.82, 2.24) is 4.98 Å². The third-order valence-corrected chi connectivity index (χ3v) is 3.26. The molecule has 0 amide bonds. The first kappa shape index (κ1) is 13.2. The van der Waals surface area contributed by atoms with Crippen molar-refractivity contribution in [2.24, 2.45) is 0 Å². The minimum atomic E-state index is -0.419. The van der Waals surface area contributed by atoms with Crippen molar-refractivity contribution in [3.63, 3.8) is 0 Å². The number of aromatic nitrogens is 1.